The van der Waals surface area contributed by atoms with Crippen LogP contribution < -0.4 is 5.32 Å². The molecular formula is C19H12N6OS2. The van der Waals surface area contributed by atoms with Crippen molar-refractivity contribution >= 4 is 61.0 Å². The van der Waals surface area contributed by atoms with E-state index in [-0.39, 0.29) is 11.0 Å². The van der Waals surface area contributed by atoms with Crippen LogP contribution in [0.4, 0.5) is 5.69 Å². The number of thiazole rings is 1. The summed E-state index contributed by atoms with van der Waals surface area (Å²) in [4.78, 5) is 7.27. The van der Waals surface area contributed by atoms with E-state index in [0.717, 1.165) is 21.1 Å². The van der Waals surface area contributed by atoms with E-state index < -0.39 is 0 Å². The minimum Gasteiger partial charge on any atom is -0.493 e. The maximum atomic E-state index is 9.99. The summed E-state index contributed by atoms with van der Waals surface area (Å²) >= 11 is 6.56. The van der Waals surface area contributed by atoms with Gasteiger partial charge >= 0.3 is 0 Å². The number of fused-ring (bicyclic) bond motifs is 2. The van der Waals surface area contributed by atoms with Crippen molar-refractivity contribution in [2.24, 2.45) is 10.2 Å². The maximum absolute atomic E-state index is 9.99. The Balaban J connectivity index is 1.53. The molecule has 0 aliphatic carbocycles. The van der Waals surface area contributed by atoms with Crippen LogP contribution in [0.2, 0.25) is 0 Å². The number of H-pyrrole nitrogens is 1. The summed E-state index contributed by atoms with van der Waals surface area (Å²) in [5.41, 5.74) is 2.22. The van der Waals surface area contributed by atoms with Gasteiger partial charge in [0, 0.05) is 11.6 Å². The highest BCUT2D eigenvalue weighted by Gasteiger charge is 2.10. The number of azo groups is 1. The molecule has 0 saturated carbocycles. The van der Waals surface area contributed by atoms with Crippen LogP contribution in [-0.4, -0.2) is 20.2 Å². The third-order valence-electron chi connectivity index (χ3n) is 3.89. The Morgan fingerprint density at radius 3 is 2.86 bits per heavy atom. The molecule has 0 aliphatic heterocycles. The Labute approximate surface area is 168 Å². The van der Waals surface area contributed by atoms with Gasteiger partial charge in [-0.1, -0.05) is 30.3 Å². The number of aromatic amines is 1. The summed E-state index contributed by atoms with van der Waals surface area (Å²) in [6.45, 7) is 0. The average Bonchev–Trinajstić information content (AvgIpc) is 3.27. The van der Waals surface area contributed by atoms with E-state index in [1.807, 2.05) is 48.5 Å². The SMILES string of the molecule is N#C/C(=C\NC(=S)N=Nc1c(O)[nH]c2ccccc12)c1nc2ccccc2s1. The summed E-state index contributed by atoms with van der Waals surface area (Å²) in [5.74, 6) is -0.0875. The average molecular weight is 404 g/mol. The van der Waals surface area contributed by atoms with Crippen molar-refractivity contribution in [3.63, 3.8) is 0 Å². The lowest BCUT2D eigenvalue weighted by atomic mass is 10.2. The Bertz CT molecular complexity index is 1260. The Morgan fingerprint density at radius 2 is 2.04 bits per heavy atom. The third kappa shape index (κ3) is 3.46. The van der Waals surface area contributed by atoms with Gasteiger partial charge in [0.2, 0.25) is 11.0 Å². The predicted octanol–water partition coefficient (Wildman–Crippen LogP) is 5.01. The lowest BCUT2D eigenvalue weighted by Crippen LogP contribution is -2.11. The van der Waals surface area contributed by atoms with Gasteiger partial charge < -0.3 is 15.4 Å². The molecule has 0 unspecified atom stereocenters. The van der Waals surface area contributed by atoms with E-state index in [9.17, 15) is 10.4 Å². The molecule has 0 radical (unpaired) electrons. The van der Waals surface area contributed by atoms with Gasteiger partial charge in [-0.25, -0.2) is 4.98 Å². The molecule has 2 heterocycles. The van der Waals surface area contributed by atoms with Crippen LogP contribution in [-0.2, 0) is 0 Å². The molecule has 0 bridgehead atoms. The quantitative estimate of drug-likeness (QED) is 0.253. The monoisotopic (exact) mass is 404 g/mol. The molecule has 2 aromatic carbocycles. The summed E-state index contributed by atoms with van der Waals surface area (Å²) in [7, 11) is 0. The van der Waals surface area contributed by atoms with Gasteiger partial charge in [-0.15, -0.1) is 21.6 Å². The zero-order valence-electron chi connectivity index (χ0n) is 14.2. The van der Waals surface area contributed by atoms with Crippen molar-refractivity contribution in [2.45, 2.75) is 0 Å². The molecule has 0 amide bonds. The maximum Gasteiger partial charge on any atom is 0.218 e. The molecule has 9 heteroatoms. The first-order valence-electron chi connectivity index (χ1n) is 8.14. The third-order valence-corrected chi connectivity index (χ3v) is 5.15. The zero-order valence-corrected chi connectivity index (χ0v) is 15.9. The molecule has 7 nitrogen and oxygen atoms in total. The Hall–Kier alpha value is -3.61. The molecule has 4 aromatic rings. The summed E-state index contributed by atoms with van der Waals surface area (Å²) < 4.78 is 0.996. The summed E-state index contributed by atoms with van der Waals surface area (Å²) in [5, 5.41) is 31.5. The van der Waals surface area contributed by atoms with Crippen LogP contribution in [0.1, 0.15) is 5.01 Å². The van der Waals surface area contributed by atoms with Gasteiger partial charge in [0.05, 0.1) is 15.7 Å². The molecule has 0 aliphatic rings. The predicted molar refractivity (Wildman–Crippen MR) is 113 cm³/mol. The second kappa shape index (κ2) is 7.56. The molecule has 3 N–H and O–H groups in total. The van der Waals surface area contributed by atoms with E-state index in [0.29, 0.717) is 16.3 Å². The van der Waals surface area contributed by atoms with Crippen LogP contribution in [0.5, 0.6) is 5.88 Å². The first-order chi connectivity index (χ1) is 13.7. The standard InChI is InChI=1S/C19H12N6OS2/c20-9-11(18-23-14-7-3-4-8-15(14)28-18)10-21-19(27)25-24-16-12-5-1-2-6-13(12)22-17(16)26/h1-8,10,22,26H,(H,21,27)/b11-10+,25-24?. The van der Waals surface area contributed by atoms with E-state index in [1.165, 1.54) is 17.5 Å². The van der Waals surface area contributed by atoms with Gasteiger partial charge in [-0.2, -0.15) is 5.26 Å². The van der Waals surface area contributed by atoms with E-state index in [2.05, 4.69) is 31.6 Å². The molecule has 28 heavy (non-hydrogen) atoms. The van der Waals surface area contributed by atoms with E-state index >= 15 is 0 Å². The summed E-state index contributed by atoms with van der Waals surface area (Å²) in [6, 6.07) is 17.1. The fourth-order valence-electron chi connectivity index (χ4n) is 2.60. The highest BCUT2D eigenvalue weighted by Crippen LogP contribution is 2.35. The number of allylic oxidation sites excluding steroid dienone is 1. The van der Waals surface area contributed by atoms with E-state index in [1.54, 1.807) is 0 Å². The number of aromatic nitrogens is 2. The number of benzene rings is 2. The number of nitrogens with one attached hydrogen (secondary N) is 2. The molecule has 0 saturated heterocycles. The fourth-order valence-corrected chi connectivity index (χ4v) is 3.63. The number of nitriles is 1. The van der Waals surface area contributed by atoms with Gasteiger partial charge in [0.25, 0.3) is 0 Å². The van der Waals surface area contributed by atoms with E-state index in [4.69, 9.17) is 12.2 Å². The van der Waals surface area contributed by atoms with Gasteiger partial charge in [0.15, 0.2) is 5.69 Å². The summed E-state index contributed by atoms with van der Waals surface area (Å²) in [6.07, 6.45) is 1.45. The second-order valence-corrected chi connectivity index (χ2v) is 7.09. The molecule has 0 spiro atoms. The van der Waals surface area contributed by atoms with Gasteiger partial charge in [-0.05, 0) is 30.4 Å². The molecule has 0 fully saturated rings. The topological polar surface area (TPSA) is 109 Å². The molecule has 0 atom stereocenters. The number of nitrogens with zero attached hydrogens (tertiary/aromatic N) is 4. The molecular weight excluding hydrogens is 392 g/mol. The Kier molecular flexibility index (Phi) is 4.80. The van der Waals surface area contributed by atoms with Crippen LogP contribution in [0.3, 0.4) is 0 Å². The largest absolute Gasteiger partial charge is 0.493 e. The van der Waals surface area contributed by atoms with Crippen molar-refractivity contribution in [3.8, 4) is 11.9 Å². The highest BCUT2D eigenvalue weighted by atomic mass is 32.1. The molecule has 2 aromatic heterocycles. The Morgan fingerprint density at radius 1 is 1.25 bits per heavy atom. The fraction of sp³-hybridized carbons (Fsp3) is 0. The number of para-hydroxylation sites is 2. The molecule has 136 valence electrons. The van der Waals surface area contributed by atoms with Crippen molar-refractivity contribution in [2.75, 3.05) is 0 Å². The van der Waals surface area contributed by atoms with Crippen LogP contribution in [0.15, 0.2) is 65.0 Å². The van der Waals surface area contributed by atoms with Crippen molar-refractivity contribution < 1.29 is 5.11 Å². The first kappa shape index (κ1) is 17.8. The van der Waals surface area contributed by atoms with Gasteiger partial charge in [0.1, 0.15) is 16.6 Å². The second-order valence-electron chi connectivity index (χ2n) is 5.67. The zero-order chi connectivity index (χ0) is 19.5. The number of hydrogen-bond acceptors (Lipinski definition) is 6. The van der Waals surface area contributed by atoms with Crippen molar-refractivity contribution in [3.05, 3.63) is 59.7 Å². The lowest BCUT2D eigenvalue weighted by molar-refractivity contribution is 0.459. The van der Waals surface area contributed by atoms with Gasteiger partial charge in [-0.3, -0.25) is 0 Å². The highest BCUT2D eigenvalue weighted by molar-refractivity contribution is 7.80. The number of hydrogen-bond donors (Lipinski definition) is 3. The van der Waals surface area contributed by atoms with Crippen molar-refractivity contribution in [1.29, 1.82) is 5.26 Å². The van der Waals surface area contributed by atoms with Crippen molar-refractivity contribution in [1.82, 2.24) is 15.3 Å². The number of aromatic hydroxyl groups is 1. The van der Waals surface area contributed by atoms with Crippen LogP contribution in [0.25, 0.3) is 26.7 Å². The lowest BCUT2D eigenvalue weighted by Gasteiger charge is -1.97. The molecule has 4 rings (SSSR count). The normalized spacial score (nSPS) is 11.9. The minimum absolute atomic E-state index is 0.0542. The van der Waals surface area contributed by atoms with Crippen LogP contribution in [0, 0.1) is 11.3 Å². The first-order valence-corrected chi connectivity index (χ1v) is 9.36. The number of rotatable bonds is 3. The number of thiocarbonyl (C=S) groups is 1. The smallest absolute Gasteiger partial charge is 0.218 e. The van der Waals surface area contributed by atoms with Crippen LogP contribution >= 0.6 is 23.6 Å². The minimum atomic E-state index is -0.0875.